The number of hydrogen-bond donors (Lipinski definition) is 1. The smallest absolute Gasteiger partial charge is 0.275 e. The minimum Gasteiger partial charge on any atom is -0.496 e. The first-order valence-corrected chi connectivity index (χ1v) is 8.97. The van der Waals surface area contributed by atoms with Crippen LogP contribution < -0.4 is 20.3 Å². The van der Waals surface area contributed by atoms with Crippen LogP contribution in [0.5, 0.6) is 11.6 Å². The number of hydrogen-bond acceptors (Lipinski definition) is 5. The Bertz CT molecular complexity index is 1060. The van der Waals surface area contributed by atoms with Crippen LogP contribution in [0.25, 0.3) is 10.8 Å². The third kappa shape index (κ3) is 4.14. The van der Waals surface area contributed by atoms with Gasteiger partial charge < -0.3 is 14.8 Å². The van der Waals surface area contributed by atoms with Crippen molar-refractivity contribution in [3.05, 3.63) is 63.9 Å². The molecule has 7 heteroatoms. The molecule has 3 rings (SSSR count). The molecular weight excluding hydrogens is 358 g/mol. The highest BCUT2D eigenvalue weighted by atomic mass is 16.5. The normalized spacial score (nSPS) is 10.7. The van der Waals surface area contributed by atoms with E-state index in [9.17, 15) is 9.59 Å². The van der Waals surface area contributed by atoms with Crippen LogP contribution in [-0.2, 0) is 17.8 Å². The molecule has 0 aliphatic carbocycles. The van der Waals surface area contributed by atoms with E-state index in [1.165, 1.54) is 7.11 Å². The minimum absolute atomic E-state index is 0.165. The summed E-state index contributed by atoms with van der Waals surface area (Å²) in [5.74, 6) is 0.873. The van der Waals surface area contributed by atoms with Crippen LogP contribution in [0, 0.1) is 6.92 Å². The molecule has 28 heavy (non-hydrogen) atoms. The molecule has 0 saturated carbocycles. The van der Waals surface area contributed by atoms with Crippen molar-refractivity contribution in [2.45, 2.75) is 19.9 Å². The molecule has 1 amide bonds. The Balaban J connectivity index is 1.66. The molecule has 2 aromatic carbocycles. The maximum absolute atomic E-state index is 12.6. The Hall–Kier alpha value is -3.35. The first-order chi connectivity index (χ1) is 13.5. The molecule has 0 radical (unpaired) electrons. The summed E-state index contributed by atoms with van der Waals surface area (Å²) in [5, 5.41) is 8.09. The second kappa shape index (κ2) is 8.56. The average Bonchev–Trinajstić information content (AvgIpc) is 2.70. The first-order valence-electron chi connectivity index (χ1n) is 8.97. The molecule has 0 saturated heterocycles. The van der Waals surface area contributed by atoms with Crippen LogP contribution in [0.3, 0.4) is 0 Å². The summed E-state index contributed by atoms with van der Waals surface area (Å²) in [5.41, 5.74) is 1.82. The van der Waals surface area contributed by atoms with Gasteiger partial charge in [-0.25, -0.2) is 4.68 Å². The van der Waals surface area contributed by atoms with E-state index in [0.29, 0.717) is 29.6 Å². The predicted octanol–water partition coefficient (Wildman–Crippen LogP) is 2.08. The molecule has 7 nitrogen and oxygen atoms in total. The van der Waals surface area contributed by atoms with E-state index in [1.807, 2.05) is 31.2 Å². The molecule has 0 fully saturated rings. The van der Waals surface area contributed by atoms with Gasteiger partial charge in [-0.05, 0) is 42.7 Å². The molecule has 0 bridgehead atoms. The fourth-order valence-corrected chi connectivity index (χ4v) is 3.10. The highest BCUT2D eigenvalue weighted by Crippen LogP contribution is 2.19. The van der Waals surface area contributed by atoms with Crippen LogP contribution in [0.2, 0.25) is 0 Å². The van der Waals surface area contributed by atoms with Gasteiger partial charge in [-0.15, -0.1) is 5.10 Å². The van der Waals surface area contributed by atoms with Gasteiger partial charge in [-0.3, -0.25) is 9.59 Å². The van der Waals surface area contributed by atoms with Crippen LogP contribution in [-0.4, -0.2) is 36.5 Å². The summed E-state index contributed by atoms with van der Waals surface area (Å²) >= 11 is 0. The van der Waals surface area contributed by atoms with Gasteiger partial charge in [0.25, 0.3) is 5.56 Å². The molecule has 1 aromatic heterocycles. The fraction of sp³-hybridized carbons (Fsp3) is 0.286. The van der Waals surface area contributed by atoms with Crippen LogP contribution in [0.1, 0.15) is 11.1 Å². The number of benzene rings is 2. The topological polar surface area (TPSA) is 82.4 Å². The molecule has 0 aliphatic heterocycles. The largest absolute Gasteiger partial charge is 0.496 e. The second-order valence-corrected chi connectivity index (χ2v) is 6.42. The second-order valence-electron chi connectivity index (χ2n) is 6.42. The molecule has 0 aliphatic rings. The molecule has 0 atom stereocenters. The van der Waals surface area contributed by atoms with Crippen molar-refractivity contribution >= 4 is 16.7 Å². The number of aromatic nitrogens is 2. The van der Waals surface area contributed by atoms with Gasteiger partial charge in [-0.2, -0.15) is 0 Å². The number of carbonyl (C=O) groups is 1. The van der Waals surface area contributed by atoms with Gasteiger partial charge >= 0.3 is 0 Å². The highest BCUT2D eigenvalue weighted by Gasteiger charge is 2.13. The summed E-state index contributed by atoms with van der Waals surface area (Å²) in [6, 6.07) is 13.0. The average molecular weight is 381 g/mol. The Labute approximate surface area is 162 Å². The number of ether oxygens (including phenoxy) is 2. The molecule has 3 aromatic rings. The fourth-order valence-electron chi connectivity index (χ4n) is 3.10. The zero-order valence-corrected chi connectivity index (χ0v) is 16.2. The summed E-state index contributed by atoms with van der Waals surface area (Å²) in [7, 11) is 3.13. The van der Waals surface area contributed by atoms with E-state index >= 15 is 0 Å². The quantitative estimate of drug-likeness (QED) is 0.678. The zero-order chi connectivity index (χ0) is 20.1. The Morgan fingerprint density at radius 1 is 1.11 bits per heavy atom. The van der Waals surface area contributed by atoms with Crippen molar-refractivity contribution in [1.82, 2.24) is 15.1 Å². The summed E-state index contributed by atoms with van der Waals surface area (Å²) in [6.07, 6.45) is 0.680. The lowest BCUT2D eigenvalue weighted by atomic mass is 10.1. The van der Waals surface area contributed by atoms with E-state index in [-0.39, 0.29) is 18.0 Å². The molecule has 146 valence electrons. The lowest BCUT2D eigenvalue weighted by Gasteiger charge is -2.11. The number of amides is 1. The number of aryl methyl sites for hydroxylation is 1. The summed E-state index contributed by atoms with van der Waals surface area (Å²) < 4.78 is 11.6. The van der Waals surface area contributed by atoms with Crippen molar-refractivity contribution in [3.63, 3.8) is 0 Å². The van der Waals surface area contributed by atoms with Crippen LogP contribution in [0.4, 0.5) is 0 Å². The highest BCUT2D eigenvalue weighted by molar-refractivity contribution is 5.86. The number of methoxy groups -OCH3 is 2. The number of rotatable bonds is 7. The number of carbonyl (C=O) groups excluding carboxylic acids is 1. The van der Waals surface area contributed by atoms with Crippen LogP contribution >= 0.6 is 0 Å². The molecule has 0 unspecified atom stereocenters. The minimum atomic E-state index is -0.322. The maximum atomic E-state index is 12.6. The van der Waals surface area contributed by atoms with Gasteiger partial charge in [0.05, 0.1) is 25.0 Å². The van der Waals surface area contributed by atoms with E-state index in [0.717, 1.165) is 21.6 Å². The summed E-state index contributed by atoms with van der Waals surface area (Å²) in [4.78, 5) is 24.9. The van der Waals surface area contributed by atoms with Gasteiger partial charge in [0.1, 0.15) is 12.3 Å². The number of nitrogens with one attached hydrogen (secondary N) is 1. The number of fused-ring (bicyclic) bond motifs is 1. The molecule has 0 spiro atoms. The van der Waals surface area contributed by atoms with E-state index in [4.69, 9.17) is 9.47 Å². The van der Waals surface area contributed by atoms with Crippen LogP contribution in [0.15, 0.2) is 47.3 Å². The summed E-state index contributed by atoms with van der Waals surface area (Å²) in [6.45, 7) is 2.28. The van der Waals surface area contributed by atoms with Crippen molar-refractivity contribution in [2.75, 3.05) is 20.8 Å². The monoisotopic (exact) mass is 381 g/mol. The van der Waals surface area contributed by atoms with Crippen molar-refractivity contribution < 1.29 is 14.3 Å². The van der Waals surface area contributed by atoms with Gasteiger partial charge in [0.15, 0.2) is 0 Å². The SMILES string of the molecule is COc1ccc(CCNC(=O)Cn2nc(OC)c3ccccc3c2=O)cc1C. The van der Waals surface area contributed by atoms with Gasteiger partial charge in [0.2, 0.25) is 11.8 Å². The van der Waals surface area contributed by atoms with E-state index in [2.05, 4.69) is 10.4 Å². The molecular formula is C21H23N3O4. The third-order valence-electron chi connectivity index (χ3n) is 4.52. The Kier molecular flexibility index (Phi) is 5.93. The lowest BCUT2D eigenvalue weighted by molar-refractivity contribution is -0.121. The molecule has 1 heterocycles. The maximum Gasteiger partial charge on any atom is 0.275 e. The van der Waals surface area contributed by atoms with E-state index in [1.54, 1.807) is 25.3 Å². The number of nitrogens with zero attached hydrogens (tertiary/aromatic N) is 2. The van der Waals surface area contributed by atoms with E-state index < -0.39 is 0 Å². The predicted molar refractivity (Wildman–Crippen MR) is 107 cm³/mol. The van der Waals surface area contributed by atoms with Crippen molar-refractivity contribution in [3.8, 4) is 11.6 Å². The molecule has 1 N–H and O–H groups in total. The first kappa shape index (κ1) is 19.4. The third-order valence-corrected chi connectivity index (χ3v) is 4.52. The van der Waals surface area contributed by atoms with Crippen molar-refractivity contribution in [1.29, 1.82) is 0 Å². The Morgan fingerprint density at radius 3 is 2.54 bits per heavy atom. The van der Waals surface area contributed by atoms with Crippen molar-refractivity contribution in [2.24, 2.45) is 0 Å². The standard InChI is InChI=1S/C21H23N3O4/c1-14-12-15(8-9-18(14)27-2)10-11-22-19(25)13-24-21(26)17-7-5-4-6-16(17)20(23-24)28-3/h4-9,12H,10-11,13H2,1-3H3,(H,22,25). The zero-order valence-electron chi connectivity index (χ0n) is 16.2. The Morgan fingerprint density at radius 2 is 1.86 bits per heavy atom. The lowest BCUT2D eigenvalue weighted by Crippen LogP contribution is -2.34. The van der Waals surface area contributed by atoms with Gasteiger partial charge in [0, 0.05) is 6.54 Å². The van der Waals surface area contributed by atoms with Gasteiger partial charge in [-0.1, -0.05) is 24.3 Å².